The fourth-order valence-corrected chi connectivity index (χ4v) is 5.04. The number of rotatable bonds is 2. The maximum absolute atomic E-state index is 13.3. The highest BCUT2D eigenvalue weighted by Gasteiger charge is 2.26. The number of fused-ring (bicyclic) bond motifs is 3. The Morgan fingerprint density at radius 2 is 1.71 bits per heavy atom. The van der Waals surface area contributed by atoms with Crippen LogP contribution in [0.15, 0.2) is 65.6 Å². The number of aryl methyl sites for hydroxylation is 1. The first kappa shape index (κ1) is 15.2. The number of allylic oxidation sites excluding steroid dienone is 2. The van der Waals surface area contributed by atoms with Crippen molar-refractivity contribution < 1.29 is 8.42 Å². The van der Waals surface area contributed by atoms with Gasteiger partial charge in [0.2, 0.25) is 0 Å². The fourth-order valence-electron chi connectivity index (χ4n) is 3.44. The van der Waals surface area contributed by atoms with E-state index in [0.717, 1.165) is 47.0 Å². The predicted octanol–water partition coefficient (Wildman–Crippen LogP) is 4.23. The zero-order valence-electron chi connectivity index (χ0n) is 13.6. The van der Waals surface area contributed by atoms with E-state index in [1.165, 1.54) is 0 Å². The molecule has 0 N–H and O–H groups in total. The molecule has 0 aliphatic heterocycles. The van der Waals surface area contributed by atoms with E-state index in [-0.39, 0.29) is 0 Å². The average Bonchev–Trinajstić information content (AvgIpc) is 2.72. The van der Waals surface area contributed by atoms with E-state index in [4.69, 9.17) is 0 Å². The fraction of sp³-hybridized carbons (Fsp3) is 0.200. The summed E-state index contributed by atoms with van der Waals surface area (Å²) in [6.45, 7) is 1.96. The van der Waals surface area contributed by atoms with Crippen LogP contribution >= 0.6 is 0 Å². The molecule has 3 nitrogen and oxygen atoms in total. The van der Waals surface area contributed by atoms with Crippen LogP contribution in [0.2, 0.25) is 0 Å². The monoisotopic (exact) mass is 337 g/mol. The summed E-state index contributed by atoms with van der Waals surface area (Å²) < 4.78 is 28.3. The number of aromatic nitrogens is 1. The highest BCUT2D eigenvalue weighted by atomic mass is 32.2. The van der Waals surface area contributed by atoms with Crippen LogP contribution in [0.5, 0.6) is 0 Å². The van der Waals surface area contributed by atoms with Gasteiger partial charge in [-0.25, -0.2) is 12.4 Å². The van der Waals surface area contributed by atoms with E-state index < -0.39 is 10.0 Å². The molecule has 122 valence electrons. The molecule has 0 amide bonds. The molecule has 1 aliphatic rings. The van der Waals surface area contributed by atoms with E-state index >= 15 is 0 Å². The molecule has 4 rings (SSSR count). The Morgan fingerprint density at radius 1 is 0.958 bits per heavy atom. The molecular formula is C20H19NO2S. The second-order valence-corrected chi connectivity index (χ2v) is 8.03. The molecule has 3 aromatic rings. The van der Waals surface area contributed by atoms with Crippen LogP contribution in [0.25, 0.3) is 10.9 Å². The molecule has 24 heavy (non-hydrogen) atoms. The molecule has 4 heteroatoms. The number of nitrogens with zero attached hydrogens (tertiary/aromatic N) is 1. The molecule has 1 heterocycles. The van der Waals surface area contributed by atoms with Crippen molar-refractivity contribution in [1.29, 1.82) is 0 Å². The lowest BCUT2D eigenvalue weighted by molar-refractivity contribution is 0.586. The van der Waals surface area contributed by atoms with Gasteiger partial charge in [-0.05, 0) is 49.9 Å². The smallest absolute Gasteiger partial charge is 0.238 e. The van der Waals surface area contributed by atoms with Crippen molar-refractivity contribution in [1.82, 2.24) is 3.97 Å². The third kappa shape index (κ3) is 2.29. The molecule has 0 spiro atoms. The molecule has 0 unspecified atom stereocenters. The van der Waals surface area contributed by atoms with Gasteiger partial charge in [0.05, 0.1) is 10.4 Å². The average molecular weight is 337 g/mol. The maximum Gasteiger partial charge on any atom is 0.268 e. The molecule has 1 aromatic heterocycles. The molecule has 0 bridgehead atoms. The lowest BCUT2D eigenvalue weighted by atomic mass is 10.1. The molecule has 0 radical (unpaired) electrons. The van der Waals surface area contributed by atoms with Crippen LogP contribution < -0.4 is 0 Å². The van der Waals surface area contributed by atoms with Crippen LogP contribution in [0.4, 0.5) is 0 Å². The number of para-hydroxylation sites is 1. The summed E-state index contributed by atoms with van der Waals surface area (Å²) in [5, 5.41) is 1.04. The van der Waals surface area contributed by atoms with Gasteiger partial charge in [0, 0.05) is 11.1 Å². The molecule has 0 saturated heterocycles. The Bertz CT molecular complexity index is 1040. The topological polar surface area (TPSA) is 39.1 Å². The van der Waals surface area contributed by atoms with Gasteiger partial charge in [-0.3, -0.25) is 0 Å². The Hall–Kier alpha value is -2.33. The van der Waals surface area contributed by atoms with E-state index in [9.17, 15) is 8.42 Å². The summed E-state index contributed by atoms with van der Waals surface area (Å²) in [5.41, 5.74) is 3.88. The minimum Gasteiger partial charge on any atom is -0.238 e. The van der Waals surface area contributed by atoms with E-state index in [1.807, 2.05) is 43.3 Å². The van der Waals surface area contributed by atoms with Gasteiger partial charge in [-0.2, -0.15) is 0 Å². The van der Waals surface area contributed by atoms with E-state index in [2.05, 4.69) is 12.2 Å². The molecular weight excluding hydrogens is 318 g/mol. The summed E-state index contributed by atoms with van der Waals surface area (Å²) in [5.74, 6) is 0. The molecule has 2 aromatic carbocycles. The van der Waals surface area contributed by atoms with E-state index in [1.54, 1.807) is 16.1 Å². The first-order valence-corrected chi connectivity index (χ1v) is 9.61. The van der Waals surface area contributed by atoms with Crippen molar-refractivity contribution in [2.45, 2.75) is 31.1 Å². The van der Waals surface area contributed by atoms with Crippen LogP contribution in [0, 0.1) is 6.92 Å². The van der Waals surface area contributed by atoms with E-state index in [0.29, 0.717) is 4.90 Å². The van der Waals surface area contributed by atoms with Gasteiger partial charge in [0.25, 0.3) is 10.0 Å². The summed E-state index contributed by atoms with van der Waals surface area (Å²) in [7, 11) is -3.61. The molecule has 0 atom stereocenters. The summed E-state index contributed by atoms with van der Waals surface area (Å²) in [6, 6.07) is 14.9. The lowest BCUT2D eigenvalue weighted by Gasteiger charge is -2.12. The molecule has 0 fully saturated rings. The van der Waals surface area contributed by atoms with Crippen molar-refractivity contribution >= 4 is 20.9 Å². The van der Waals surface area contributed by atoms with Gasteiger partial charge in [-0.15, -0.1) is 0 Å². The van der Waals surface area contributed by atoms with Gasteiger partial charge in [0.15, 0.2) is 0 Å². The van der Waals surface area contributed by atoms with Crippen molar-refractivity contribution in [2.75, 3.05) is 0 Å². The second-order valence-electron chi connectivity index (χ2n) is 6.24. The third-order valence-corrected chi connectivity index (χ3v) is 6.40. The van der Waals surface area contributed by atoms with Crippen LogP contribution in [-0.4, -0.2) is 12.4 Å². The van der Waals surface area contributed by atoms with Crippen molar-refractivity contribution in [3.63, 3.8) is 0 Å². The summed E-state index contributed by atoms with van der Waals surface area (Å²) in [6.07, 6.45) is 6.67. The minimum absolute atomic E-state index is 0.342. The first-order chi connectivity index (χ1) is 11.6. The Kier molecular flexibility index (Phi) is 3.57. The Balaban J connectivity index is 2.03. The van der Waals surface area contributed by atoms with Crippen molar-refractivity contribution in [2.24, 2.45) is 0 Å². The minimum atomic E-state index is -3.61. The molecule has 0 saturated carbocycles. The van der Waals surface area contributed by atoms with Crippen molar-refractivity contribution in [3.8, 4) is 0 Å². The van der Waals surface area contributed by atoms with Crippen LogP contribution in [0.1, 0.15) is 23.2 Å². The highest BCUT2D eigenvalue weighted by Crippen LogP contribution is 2.33. The van der Waals surface area contributed by atoms with Crippen molar-refractivity contribution in [3.05, 3.63) is 77.5 Å². The predicted molar refractivity (Wildman–Crippen MR) is 96.9 cm³/mol. The van der Waals surface area contributed by atoms with Gasteiger partial charge >= 0.3 is 0 Å². The Labute approximate surface area is 142 Å². The third-order valence-electron chi connectivity index (χ3n) is 4.64. The maximum atomic E-state index is 13.3. The second kappa shape index (κ2) is 5.64. The molecule has 1 aliphatic carbocycles. The van der Waals surface area contributed by atoms with Gasteiger partial charge in [-0.1, -0.05) is 48.0 Å². The Morgan fingerprint density at radius 3 is 2.50 bits per heavy atom. The number of hydrogen-bond acceptors (Lipinski definition) is 2. The van der Waals surface area contributed by atoms with Crippen LogP contribution in [0.3, 0.4) is 0 Å². The highest BCUT2D eigenvalue weighted by molar-refractivity contribution is 7.90. The first-order valence-electron chi connectivity index (χ1n) is 8.17. The lowest BCUT2D eigenvalue weighted by Crippen LogP contribution is -2.16. The quantitative estimate of drug-likeness (QED) is 0.656. The zero-order chi connectivity index (χ0) is 16.7. The number of hydrogen-bond donors (Lipinski definition) is 0. The van der Waals surface area contributed by atoms with Gasteiger partial charge < -0.3 is 0 Å². The SMILES string of the molecule is Cc1ccc(S(=O)(=O)n2c3c(c4ccccc42)CC=CCC3)cc1. The zero-order valence-corrected chi connectivity index (χ0v) is 14.4. The largest absolute Gasteiger partial charge is 0.268 e. The van der Waals surface area contributed by atoms with Crippen LogP contribution in [-0.2, 0) is 22.9 Å². The summed E-state index contributed by atoms with van der Waals surface area (Å²) >= 11 is 0. The standard InChI is InChI=1S/C20H19NO2S/c1-15-11-13-16(14-12-15)24(22,23)21-19-9-4-2-3-7-17(19)18-8-5-6-10-20(18)21/h2-3,5-6,8,10-14H,4,7,9H2,1H3. The normalized spacial score (nSPS) is 14.5. The summed E-state index contributed by atoms with van der Waals surface area (Å²) in [4.78, 5) is 0.342. The number of benzene rings is 2. The van der Waals surface area contributed by atoms with Gasteiger partial charge in [0.1, 0.15) is 0 Å².